The minimum Gasteiger partial charge on any atom is -0.455 e. The monoisotopic (exact) mass is 835 g/mol. The van der Waals surface area contributed by atoms with E-state index in [1.54, 1.807) is 6.20 Å². The maximum Gasteiger partial charge on any atom is 0.265 e. The first-order valence-electron chi connectivity index (χ1n) is 20.5. The first-order valence-corrected chi connectivity index (χ1v) is 21.7. The number of H-pyrrole nitrogens is 1. The second-order valence-corrected chi connectivity index (χ2v) is 17.3. The Kier molecular flexibility index (Phi) is 11.8. The number of aromatic nitrogens is 2. The Morgan fingerprint density at radius 1 is 0.983 bits per heavy atom. The molecule has 1 unspecified atom stereocenters. The number of hydrogen-bond acceptors (Lipinski definition) is 11. The van der Waals surface area contributed by atoms with Crippen molar-refractivity contribution < 1.29 is 19.1 Å². The van der Waals surface area contributed by atoms with Gasteiger partial charge in [0.15, 0.2) is 0 Å². The number of anilines is 3. The predicted octanol–water partition coefficient (Wildman–Crippen LogP) is 6.16. The van der Waals surface area contributed by atoms with E-state index in [0.29, 0.717) is 40.2 Å². The van der Waals surface area contributed by atoms with Gasteiger partial charge in [-0.2, -0.15) is 0 Å². The van der Waals surface area contributed by atoms with Crippen LogP contribution in [0.1, 0.15) is 34.3 Å². The van der Waals surface area contributed by atoms with Crippen LogP contribution in [0.5, 0.6) is 11.5 Å². The zero-order chi connectivity index (χ0) is 40.3. The van der Waals surface area contributed by atoms with Gasteiger partial charge in [0.1, 0.15) is 17.1 Å². The smallest absolute Gasteiger partial charge is 0.265 e. The summed E-state index contributed by atoms with van der Waals surface area (Å²) < 4.78 is 14.9. The molecule has 6 heterocycles. The van der Waals surface area contributed by atoms with E-state index in [1.807, 2.05) is 66.9 Å². The Morgan fingerprint density at radius 2 is 1.83 bits per heavy atom. The van der Waals surface area contributed by atoms with Crippen LogP contribution in [-0.4, -0.2) is 103 Å². The summed E-state index contributed by atoms with van der Waals surface area (Å²) in [6, 6.07) is 21.6. The Bertz CT molecular complexity index is 2310. The zero-order valence-electron chi connectivity index (χ0n) is 32.9. The first-order chi connectivity index (χ1) is 28.8. The maximum atomic E-state index is 13.8. The van der Waals surface area contributed by atoms with Crippen molar-refractivity contribution in [1.82, 2.24) is 29.8 Å². The summed E-state index contributed by atoms with van der Waals surface area (Å²) in [5, 5.41) is 8.36. The summed E-state index contributed by atoms with van der Waals surface area (Å²) in [5.74, 6) is 1.52. The Balaban J connectivity index is 0.871. The number of pyridine rings is 1. The Labute approximate surface area is 353 Å². The number of carbonyl (C=O) groups is 2. The quantitative estimate of drug-likeness (QED) is 0.0726. The van der Waals surface area contributed by atoms with Gasteiger partial charge in [0.05, 0.1) is 29.1 Å². The lowest BCUT2D eigenvalue weighted by molar-refractivity contribution is -0.141. The fraction of sp³-hybridized carbons (Fsp3) is 0.386. The van der Waals surface area contributed by atoms with Gasteiger partial charge >= 0.3 is 0 Å². The number of nitrogen functional groups attached to an aromatic ring is 1. The molecule has 6 N–H and O–H groups in total. The average Bonchev–Trinajstić information content (AvgIpc) is 3.70. The number of piperazine rings is 1. The second-order valence-electron chi connectivity index (χ2n) is 16.0. The van der Waals surface area contributed by atoms with E-state index in [9.17, 15) is 9.59 Å². The van der Waals surface area contributed by atoms with Gasteiger partial charge in [0.2, 0.25) is 5.91 Å². The van der Waals surface area contributed by atoms with E-state index in [2.05, 4.69) is 46.1 Å². The molecular formula is C44H50ClN9O4S. The molecule has 59 heavy (non-hydrogen) atoms. The van der Waals surface area contributed by atoms with E-state index in [4.69, 9.17) is 26.8 Å². The number of benzene rings is 3. The standard InChI is InChI=1S/C44H50ClN9O4S/c45-33-2-1-29-18-35(54(26-31(29)17-33)44(56)32-23-47-24-32)27-52-11-13-53(14-12-52)34-3-5-38(41(20-34)58-36-19-30-7-10-48-42(30)50-25-36)43(55)51-59-37-4-6-40(39(46)21-37)49-22-28-8-15-57-16-9-28/h1-7,10,17,19-21,25,28,32,35,47,49H,8-9,11-16,18,22-24,26-27,46H2,(H,48,50)(H,51,55). The molecule has 15 heteroatoms. The molecule has 4 aliphatic rings. The largest absolute Gasteiger partial charge is 0.455 e. The first kappa shape index (κ1) is 39.5. The SMILES string of the molecule is Nc1cc(SNC(=O)c2ccc(N3CCN(CC4Cc5ccc(Cl)cc5CN4C(=O)C4CNC4)CC3)cc2Oc2cnc3[nH]ccc3c2)ccc1NCC1CCOCC1. The van der Waals surface area contributed by atoms with Crippen molar-refractivity contribution in [3.05, 3.63) is 101 Å². The van der Waals surface area contributed by atoms with Crippen molar-refractivity contribution in [2.45, 2.75) is 36.7 Å². The molecule has 0 saturated carbocycles. The number of fused-ring (bicyclic) bond motifs is 2. The number of carbonyl (C=O) groups excluding carboxylic acids is 2. The molecule has 13 nitrogen and oxygen atoms in total. The molecule has 0 spiro atoms. The van der Waals surface area contributed by atoms with E-state index in [-0.39, 0.29) is 23.8 Å². The lowest BCUT2D eigenvalue weighted by atomic mass is 9.91. The van der Waals surface area contributed by atoms with Crippen LogP contribution in [0.15, 0.2) is 84.0 Å². The summed E-state index contributed by atoms with van der Waals surface area (Å²) in [6.45, 7) is 8.61. The van der Waals surface area contributed by atoms with Crippen LogP contribution in [0.3, 0.4) is 0 Å². The molecule has 308 valence electrons. The van der Waals surface area contributed by atoms with Crippen molar-refractivity contribution in [3.63, 3.8) is 0 Å². The molecule has 4 aliphatic heterocycles. The number of amides is 2. The fourth-order valence-corrected chi connectivity index (χ4v) is 9.27. The maximum absolute atomic E-state index is 13.8. The number of hydrogen-bond donors (Lipinski definition) is 5. The highest BCUT2D eigenvalue weighted by Gasteiger charge is 2.37. The summed E-state index contributed by atoms with van der Waals surface area (Å²) in [6.07, 6.45) is 6.40. The molecule has 2 amide bonds. The van der Waals surface area contributed by atoms with Gasteiger partial charge < -0.3 is 40.6 Å². The third-order valence-corrected chi connectivity index (χ3v) is 13.1. The number of aromatic amines is 1. The van der Waals surface area contributed by atoms with Crippen LogP contribution in [0.4, 0.5) is 17.1 Å². The van der Waals surface area contributed by atoms with Crippen molar-refractivity contribution in [3.8, 4) is 11.5 Å². The number of nitrogens with two attached hydrogens (primary N) is 1. The van der Waals surface area contributed by atoms with Gasteiger partial charge in [-0.25, -0.2) is 4.98 Å². The third-order valence-electron chi connectivity index (χ3n) is 12.0. The lowest BCUT2D eigenvalue weighted by Crippen LogP contribution is -2.58. The van der Waals surface area contributed by atoms with Crippen LogP contribution in [-0.2, 0) is 22.5 Å². The average molecular weight is 836 g/mol. The Hall–Kier alpha value is -4.99. The lowest BCUT2D eigenvalue weighted by Gasteiger charge is -2.44. The molecule has 0 aliphatic carbocycles. The molecule has 3 aromatic carbocycles. The molecule has 1 atom stereocenters. The van der Waals surface area contributed by atoms with Gasteiger partial charge in [-0.15, -0.1) is 0 Å². The summed E-state index contributed by atoms with van der Waals surface area (Å²) in [5.41, 5.74) is 12.5. The summed E-state index contributed by atoms with van der Waals surface area (Å²) in [4.78, 5) is 42.8. The normalized spacial score (nSPS) is 19.0. The van der Waals surface area contributed by atoms with Crippen LogP contribution in [0, 0.1) is 11.8 Å². The predicted molar refractivity (Wildman–Crippen MR) is 233 cm³/mol. The van der Waals surface area contributed by atoms with Gasteiger partial charge in [-0.05, 0) is 103 Å². The van der Waals surface area contributed by atoms with Gasteiger partial charge in [0.25, 0.3) is 5.91 Å². The van der Waals surface area contributed by atoms with E-state index in [1.165, 1.54) is 17.5 Å². The highest BCUT2D eigenvalue weighted by molar-refractivity contribution is 7.98. The highest BCUT2D eigenvalue weighted by Crippen LogP contribution is 2.34. The summed E-state index contributed by atoms with van der Waals surface area (Å²) in [7, 11) is 0. The van der Waals surface area contributed by atoms with Crippen molar-refractivity contribution in [2.75, 3.05) is 81.5 Å². The molecule has 9 rings (SSSR count). The van der Waals surface area contributed by atoms with Crippen LogP contribution >= 0.6 is 23.5 Å². The van der Waals surface area contributed by atoms with Gasteiger partial charge in [-0.1, -0.05) is 17.7 Å². The molecule has 5 aromatic rings. The Morgan fingerprint density at radius 3 is 2.63 bits per heavy atom. The second kappa shape index (κ2) is 17.7. The number of nitrogens with one attached hydrogen (secondary N) is 4. The van der Waals surface area contributed by atoms with Gasteiger partial charge in [-0.3, -0.25) is 19.2 Å². The van der Waals surface area contributed by atoms with Crippen LogP contribution < -0.4 is 30.7 Å². The molecule has 3 saturated heterocycles. The molecular weight excluding hydrogens is 786 g/mol. The minimum atomic E-state index is -0.287. The zero-order valence-corrected chi connectivity index (χ0v) is 34.5. The van der Waals surface area contributed by atoms with E-state index in [0.717, 1.165) is 118 Å². The van der Waals surface area contributed by atoms with Gasteiger partial charge in [0, 0.05) is 111 Å². The van der Waals surface area contributed by atoms with Crippen molar-refractivity contribution in [2.24, 2.45) is 11.8 Å². The molecule has 2 aromatic heterocycles. The molecule has 0 bridgehead atoms. The van der Waals surface area contributed by atoms with Crippen molar-refractivity contribution >= 4 is 63.5 Å². The number of ether oxygens (including phenoxy) is 2. The van der Waals surface area contributed by atoms with Crippen LogP contribution in [0.2, 0.25) is 5.02 Å². The number of rotatable bonds is 12. The molecule has 0 radical (unpaired) electrons. The fourth-order valence-electron chi connectivity index (χ4n) is 8.44. The van der Waals surface area contributed by atoms with E-state index >= 15 is 0 Å². The van der Waals surface area contributed by atoms with E-state index < -0.39 is 0 Å². The van der Waals surface area contributed by atoms with Crippen molar-refractivity contribution in [1.29, 1.82) is 0 Å². The minimum absolute atomic E-state index is 0.0380. The summed E-state index contributed by atoms with van der Waals surface area (Å²) >= 11 is 7.57. The molecule has 3 fully saturated rings. The van der Waals surface area contributed by atoms with Crippen LogP contribution in [0.25, 0.3) is 11.0 Å². The number of halogens is 1. The number of nitrogens with zero attached hydrogens (tertiary/aromatic N) is 4. The topological polar surface area (TPSA) is 153 Å². The third kappa shape index (κ3) is 9.12. The highest BCUT2D eigenvalue weighted by atomic mass is 35.5.